The summed E-state index contributed by atoms with van der Waals surface area (Å²) in [6.45, 7) is 6.28. The van der Waals surface area contributed by atoms with E-state index in [9.17, 15) is 0 Å². The molecule has 0 radical (unpaired) electrons. The lowest BCUT2D eigenvalue weighted by Crippen LogP contribution is -1.67. The topological polar surface area (TPSA) is 12.4 Å². The summed E-state index contributed by atoms with van der Waals surface area (Å²) in [6, 6.07) is 0. The number of rotatable bonds is 2. The smallest absolute Gasteiger partial charge is 0.0379 e. The summed E-state index contributed by atoms with van der Waals surface area (Å²) < 4.78 is 0. The first-order chi connectivity index (χ1) is 2.41. The van der Waals surface area contributed by atoms with Crippen molar-refractivity contribution < 1.29 is 0 Å². The van der Waals surface area contributed by atoms with Crippen molar-refractivity contribution in [2.24, 2.45) is 4.99 Å². The second kappa shape index (κ2) is 3.67. The average molecular weight is 71.1 g/mol. The zero-order valence-corrected chi connectivity index (χ0v) is 3.57. The summed E-state index contributed by atoms with van der Waals surface area (Å²) in [5.41, 5.74) is 0. The SMILES string of the molecule is C=NCCC. The second-order valence-corrected chi connectivity index (χ2v) is 0.947. The van der Waals surface area contributed by atoms with Gasteiger partial charge in [0, 0.05) is 6.54 Å². The molecule has 0 aliphatic rings. The Morgan fingerprint density at radius 2 is 2.40 bits per heavy atom. The maximum atomic E-state index is 3.60. The van der Waals surface area contributed by atoms with Crippen LogP contribution in [0.1, 0.15) is 13.3 Å². The van der Waals surface area contributed by atoms with Crippen LogP contribution in [0.5, 0.6) is 0 Å². The van der Waals surface area contributed by atoms with E-state index in [1.807, 2.05) is 0 Å². The molecular formula is C4H9N. The lowest BCUT2D eigenvalue weighted by molar-refractivity contribution is 0.940. The summed E-state index contributed by atoms with van der Waals surface area (Å²) in [5, 5.41) is 0. The van der Waals surface area contributed by atoms with Crippen LogP contribution in [0.2, 0.25) is 0 Å². The van der Waals surface area contributed by atoms with Gasteiger partial charge in [-0.05, 0) is 13.1 Å². The summed E-state index contributed by atoms with van der Waals surface area (Å²) in [7, 11) is 0. The highest BCUT2D eigenvalue weighted by atomic mass is 14.7. The van der Waals surface area contributed by atoms with Gasteiger partial charge in [-0.2, -0.15) is 0 Å². The fourth-order valence-electron chi connectivity index (χ4n) is 0.158. The molecule has 0 unspecified atom stereocenters. The molecule has 0 saturated heterocycles. The van der Waals surface area contributed by atoms with E-state index in [1.165, 1.54) is 0 Å². The molecule has 0 heterocycles. The molecule has 1 nitrogen and oxygen atoms in total. The Labute approximate surface area is 32.7 Å². The van der Waals surface area contributed by atoms with E-state index < -0.39 is 0 Å². The van der Waals surface area contributed by atoms with Gasteiger partial charge in [0.15, 0.2) is 0 Å². The molecule has 0 rings (SSSR count). The van der Waals surface area contributed by atoms with E-state index in [0.29, 0.717) is 0 Å². The molecule has 0 aromatic heterocycles. The maximum Gasteiger partial charge on any atom is 0.0379 e. The van der Waals surface area contributed by atoms with Gasteiger partial charge in [0.25, 0.3) is 0 Å². The van der Waals surface area contributed by atoms with Gasteiger partial charge in [-0.3, -0.25) is 0 Å². The van der Waals surface area contributed by atoms with E-state index in [0.717, 1.165) is 13.0 Å². The van der Waals surface area contributed by atoms with Gasteiger partial charge < -0.3 is 4.99 Å². The Hall–Kier alpha value is -0.330. The Bertz CT molecular complexity index is 24.8. The van der Waals surface area contributed by atoms with Gasteiger partial charge >= 0.3 is 0 Å². The van der Waals surface area contributed by atoms with Gasteiger partial charge in [-0.15, -0.1) is 0 Å². The maximum absolute atomic E-state index is 3.60. The van der Waals surface area contributed by atoms with Crippen LogP contribution in [0.3, 0.4) is 0 Å². The molecule has 5 heavy (non-hydrogen) atoms. The highest BCUT2D eigenvalue weighted by Gasteiger charge is 1.61. The van der Waals surface area contributed by atoms with Crippen LogP contribution in [0.15, 0.2) is 4.99 Å². The quantitative estimate of drug-likeness (QED) is 0.432. The van der Waals surface area contributed by atoms with Gasteiger partial charge in [0.2, 0.25) is 0 Å². The fourth-order valence-corrected chi connectivity index (χ4v) is 0.158. The van der Waals surface area contributed by atoms with Crippen molar-refractivity contribution in [3.05, 3.63) is 0 Å². The number of hydrogen-bond acceptors (Lipinski definition) is 1. The molecule has 0 aliphatic carbocycles. The van der Waals surface area contributed by atoms with Crippen LogP contribution in [0.25, 0.3) is 0 Å². The molecule has 0 fully saturated rings. The molecule has 0 saturated carbocycles. The molecule has 0 atom stereocenters. The van der Waals surface area contributed by atoms with Crippen molar-refractivity contribution in [3.63, 3.8) is 0 Å². The van der Waals surface area contributed by atoms with Crippen LogP contribution in [0.4, 0.5) is 0 Å². The van der Waals surface area contributed by atoms with Crippen LogP contribution in [0, 0.1) is 0 Å². The minimum atomic E-state index is 0.903. The third-order valence-electron chi connectivity index (χ3n) is 0.382. The fraction of sp³-hybridized carbons (Fsp3) is 0.750. The zero-order chi connectivity index (χ0) is 4.12. The van der Waals surface area contributed by atoms with Gasteiger partial charge in [0.05, 0.1) is 0 Å². The third-order valence-corrected chi connectivity index (χ3v) is 0.382. The van der Waals surface area contributed by atoms with Gasteiger partial charge in [-0.1, -0.05) is 6.92 Å². The van der Waals surface area contributed by atoms with Crippen LogP contribution < -0.4 is 0 Å². The standard InChI is InChI=1S/C4H9N/c1-3-4-5-2/h2-4H2,1H3. The highest BCUT2D eigenvalue weighted by molar-refractivity contribution is 5.22. The second-order valence-electron chi connectivity index (χ2n) is 0.947. The molecular weight excluding hydrogens is 62.1 g/mol. The van der Waals surface area contributed by atoms with Crippen molar-refractivity contribution in [1.82, 2.24) is 0 Å². The zero-order valence-electron chi connectivity index (χ0n) is 3.57. The molecule has 0 aromatic carbocycles. The number of aliphatic imine (C=N–C) groups is 1. The van der Waals surface area contributed by atoms with Gasteiger partial charge in [0.1, 0.15) is 0 Å². The van der Waals surface area contributed by atoms with Crippen molar-refractivity contribution in [1.29, 1.82) is 0 Å². The van der Waals surface area contributed by atoms with Crippen LogP contribution in [-0.4, -0.2) is 13.3 Å². The Morgan fingerprint density at radius 1 is 1.80 bits per heavy atom. The molecule has 0 N–H and O–H groups in total. The average Bonchev–Trinajstić information content (AvgIpc) is 1.41. The minimum Gasteiger partial charge on any atom is -0.301 e. The lowest BCUT2D eigenvalue weighted by Gasteiger charge is -1.74. The third kappa shape index (κ3) is 3.67. The Kier molecular flexibility index (Phi) is 3.43. The van der Waals surface area contributed by atoms with Crippen molar-refractivity contribution >= 4 is 6.72 Å². The number of nitrogens with zero attached hydrogens (tertiary/aromatic N) is 1. The largest absolute Gasteiger partial charge is 0.301 e. The van der Waals surface area contributed by atoms with Gasteiger partial charge in [-0.25, -0.2) is 0 Å². The monoisotopic (exact) mass is 71.1 g/mol. The molecule has 0 bridgehead atoms. The minimum absolute atomic E-state index is 0.903. The molecule has 0 aliphatic heterocycles. The van der Waals surface area contributed by atoms with E-state index >= 15 is 0 Å². The molecule has 0 spiro atoms. The predicted octanol–water partition coefficient (Wildman–Crippen LogP) is 1.10. The normalized spacial score (nSPS) is 7.40. The Balaban J connectivity index is 2.40. The van der Waals surface area contributed by atoms with Crippen molar-refractivity contribution in [2.45, 2.75) is 13.3 Å². The van der Waals surface area contributed by atoms with E-state index in [2.05, 4.69) is 18.6 Å². The van der Waals surface area contributed by atoms with Crippen LogP contribution in [-0.2, 0) is 0 Å². The summed E-state index contributed by atoms with van der Waals surface area (Å²) in [6.07, 6.45) is 1.11. The highest BCUT2D eigenvalue weighted by Crippen LogP contribution is 1.70. The lowest BCUT2D eigenvalue weighted by atomic mass is 10.5. The molecule has 1 heteroatoms. The van der Waals surface area contributed by atoms with Crippen molar-refractivity contribution in [3.8, 4) is 0 Å². The van der Waals surface area contributed by atoms with Crippen LogP contribution >= 0.6 is 0 Å². The van der Waals surface area contributed by atoms with Crippen molar-refractivity contribution in [2.75, 3.05) is 6.54 Å². The summed E-state index contributed by atoms with van der Waals surface area (Å²) >= 11 is 0. The first-order valence-electron chi connectivity index (χ1n) is 1.84. The number of hydrogen-bond donors (Lipinski definition) is 0. The first-order valence-corrected chi connectivity index (χ1v) is 1.84. The first kappa shape index (κ1) is 4.67. The molecule has 0 amide bonds. The predicted molar refractivity (Wildman–Crippen MR) is 24.7 cm³/mol. The summed E-state index contributed by atoms with van der Waals surface area (Å²) in [5.74, 6) is 0. The molecule has 30 valence electrons. The Morgan fingerprint density at radius 3 is 2.40 bits per heavy atom. The summed E-state index contributed by atoms with van der Waals surface area (Å²) in [4.78, 5) is 3.60. The van der Waals surface area contributed by atoms with E-state index in [1.54, 1.807) is 0 Å². The van der Waals surface area contributed by atoms with E-state index in [4.69, 9.17) is 0 Å². The van der Waals surface area contributed by atoms with E-state index in [-0.39, 0.29) is 0 Å². The molecule has 0 aromatic rings.